The zero-order valence-corrected chi connectivity index (χ0v) is 17.4. The number of nitrogens with one attached hydrogen (secondary N) is 1. The Labute approximate surface area is 175 Å². The molecule has 2 aromatic heterocycles. The molecule has 1 aromatic carbocycles. The molecule has 0 radical (unpaired) electrons. The Morgan fingerprint density at radius 1 is 1.14 bits per heavy atom. The topological polar surface area (TPSA) is 72.7 Å². The summed E-state index contributed by atoms with van der Waals surface area (Å²) in [5.74, 6) is 1.07. The van der Waals surface area contributed by atoms with Crippen LogP contribution in [0.3, 0.4) is 0 Å². The average Bonchev–Trinajstić information content (AvgIpc) is 3.42. The minimum Gasteiger partial charge on any atom is -0.353 e. The minimum absolute atomic E-state index is 0.0552. The van der Waals surface area contributed by atoms with E-state index in [1.807, 2.05) is 34.9 Å². The molecule has 0 aliphatic heterocycles. The predicted octanol–water partition coefficient (Wildman–Crippen LogP) is 4.04. The van der Waals surface area contributed by atoms with Gasteiger partial charge in [0.05, 0.1) is 11.4 Å². The molecule has 3 aromatic rings. The van der Waals surface area contributed by atoms with E-state index in [-0.39, 0.29) is 5.91 Å². The Morgan fingerprint density at radius 3 is 2.69 bits per heavy atom. The molecule has 1 saturated carbocycles. The lowest BCUT2D eigenvalue weighted by Gasteiger charge is -2.14. The number of hydrogen-bond donors (Lipinski definition) is 1. The van der Waals surface area contributed by atoms with Gasteiger partial charge in [-0.2, -0.15) is 0 Å². The molecule has 1 fully saturated rings. The fourth-order valence-corrected chi connectivity index (χ4v) is 4.50. The highest BCUT2D eigenvalue weighted by molar-refractivity contribution is 7.99. The Bertz CT molecular complexity index is 966. The van der Waals surface area contributed by atoms with Crippen molar-refractivity contribution in [1.82, 2.24) is 25.1 Å². The maximum absolute atomic E-state index is 12.4. The highest BCUT2D eigenvalue weighted by Crippen LogP contribution is 2.29. The SMILES string of the molecule is CCc1ccccc1-n1c(SCC(=O)NC2CCCC2)nnc1-c1ccccn1. The summed E-state index contributed by atoms with van der Waals surface area (Å²) in [7, 11) is 0. The van der Waals surface area contributed by atoms with Crippen LogP contribution in [0.4, 0.5) is 0 Å². The number of para-hydroxylation sites is 1. The van der Waals surface area contributed by atoms with Crippen LogP contribution in [0.15, 0.2) is 53.8 Å². The first kappa shape index (κ1) is 19.6. The maximum atomic E-state index is 12.4. The molecule has 29 heavy (non-hydrogen) atoms. The standard InChI is InChI=1S/C22H25N5OS/c1-2-16-9-3-6-13-19(16)27-21(18-12-7-8-14-23-18)25-26-22(27)29-15-20(28)24-17-10-4-5-11-17/h3,6-9,12-14,17H,2,4-5,10-11,15H2,1H3,(H,24,28). The number of aryl methyl sites for hydroxylation is 1. The normalized spacial score (nSPS) is 14.2. The van der Waals surface area contributed by atoms with E-state index in [4.69, 9.17) is 0 Å². The molecule has 7 heteroatoms. The number of aromatic nitrogens is 4. The van der Waals surface area contributed by atoms with Gasteiger partial charge in [0.2, 0.25) is 5.91 Å². The van der Waals surface area contributed by atoms with Crippen molar-refractivity contribution in [2.24, 2.45) is 0 Å². The van der Waals surface area contributed by atoms with E-state index in [1.165, 1.54) is 30.2 Å². The van der Waals surface area contributed by atoms with E-state index in [0.717, 1.165) is 30.6 Å². The van der Waals surface area contributed by atoms with Crippen molar-refractivity contribution in [1.29, 1.82) is 0 Å². The number of benzene rings is 1. The van der Waals surface area contributed by atoms with Gasteiger partial charge < -0.3 is 5.32 Å². The van der Waals surface area contributed by atoms with Crippen LogP contribution in [0.2, 0.25) is 0 Å². The molecule has 0 atom stereocenters. The van der Waals surface area contributed by atoms with Crippen LogP contribution in [0.5, 0.6) is 0 Å². The number of rotatable bonds is 7. The summed E-state index contributed by atoms with van der Waals surface area (Å²) < 4.78 is 2.02. The van der Waals surface area contributed by atoms with Crippen molar-refractivity contribution in [2.75, 3.05) is 5.75 Å². The number of carbonyl (C=O) groups is 1. The second kappa shape index (κ2) is 9.22. The van der Waals surface area contributed by atoms with Crippen molar-refractivity contribution in [3.05, 3.63) is 54.2 Å². The third kappa shape index (κ3) is 4.50. The molecule has 2 heterocycles. The van der Waals surface area contributed by atoms with E-state index in [2.05, 4.69) is 39.6 Å². The summed E-state index contributed by atoms with van der Waals surface area (Å²) in [5, 5.41) is 12.7. The molecular weight excluding hydrogens is 382 g/mol. The second-order valence-electron chi connectivity index (χ2n) is 7.18. The summed E-state index contributed by atoms with van der Waals surface area (Å²) in [5.41, 5.74) is 2.98. The van der Waals surface area contributed by atoms with Crippen molar-refractivity contribution in [2.45, 2.75) is 50.2 Å². The highest BCUT2D eigenvalue weighted by Gasteiger charge is 2.21. The Kier molecular flexibility index (Phi) is 6.24. The molecule has 4 rings (SSSR count). The quantitative estimate of drug-likeness (QED) is 0.599. The van der Waals surface area contributed by atoms with Crippen LogP contribution in [0, 0.1) is 0 Å². The number of pyridine rings is 1. The van der Waals surface area contributed by atoms with E-state index in [9.17, 15) is 4.79 Å². The number of hydrogen-bond acceptors (Lipinski definition) is 5. The van der Waals surface area contributed by atoms with Gasteiger partial charge in [-0.25, -0.2) is 0 Å². The van der Waals surface area contributed by atoms with Crippen molar-refractivity contribution in [3.8, 4) is 17.2 Å². The molecule has 0 saturated heterocycles. The van der Waals surface area contributed by atoms with Crippen LogP contribution in [0.25, 0.3) is 17.2 Å². The van der Waals surface area contributed by atoms with Gasteiger partial charge in [-0.15, -0.1) is 10.2 Å². The Balaban J connectivity index is 1.63. The minimum atomic E-state index is 0.0552. The molecule has 0 unspecified atom stereocenters. The van der Waals surface area contributed by atoms with Gasteiger partial charge in [-0.3, -0.25) is 14.3 Å². The van der Waals surface area contributed by atoms with Crippen molar-refractivity contribution >= 4 is 17.7 Å². The van der Waals surface area contributed by atoms with Crippen molar-refractivity contribution in [3.63, 3.8) is 0 Å². The summed E-state index contributed by atoms with van der Waals surface area (Å²) in [6.07, 6.45) is 7.21. The summed E-state index contributed by atoms with van der Waals surface area (Å²) in [6.45, 7) is 2.13. The van der Waals surface area contributed by atoms with Gasteiger partial charge >= 0.3 is 0 Å². The number of carbonyl (C=O) groups excluding carboxylic acids is 1. The lowest BCUT2D eigenvalue weighted by Crippen LogP contribution is -2.33. The molecule has 150 valence electrons. The zero-order valence-electron chi connectivity index (χ0n) is 16.5. The van der Waals surface area contributed by atoms with Gasteiger partial charge in [0.1, 0.15) is 5.69 Å². The first-order chi connectivity index (χ1) is 14.3. The van der Waals surface area contributed by atoms with Gasteiger partial charge in [-0.1, -0.05) is 55.8 Å². The van der Waals surface area contributed by atoms with E-state index >= 15 is 0 Å². The maximum Gasteiger partial charge on any atom is 0.230 e. The predicted molar refractivity (Wildman–Crippen MR) is 115 cm³/mol. The highest BCUT2D eigenvalue weighted by atomic mass is 32.2. The van der Waals surface area contributed by atoms with Gasteiger partial charge in [-0.05, 0) is 43.0 Å². The van der Waals surface area contributed by atoms with E-state index in [1.54, 1.807) is 6.20 Å². The van der Waals surface area contributed by atoms with Crippen molar-refractivity contribution < 1.29 is 4.79 Å². The Morgan fingerprint density at radius 2 is 1.93 bits per heavy atom. The summed E-state index contributed by atoms with van der Waals surface area (Å²) >= 11 is 1.42. The lowest BCUT2D eigenvalue weighted by atomic mass is 10.1. The summed E-state index contributed by atoms with van der Waals surface area (Å²) in [4.78, 5) is 16.9. The fourth-order valence-electron chi connectivity index (χ4n) is 3.74. The van der Waals surface area contributed by atoms with Gasteiger partial charge in [0.25, 0.3) is 0 Å². The average molecular weight is 408 g/mol. The van der Waals surface area contributed by atoms with Crippen LogP contribution in [-0.4, -0.2) is 37.5 Å². The fraction of sp³-hybridized carbons (Fsp3) is 0.364. The lowest BCUT2D eigenvalue weighted by molar-refractivity contribution is -0.119. The monoisotopic (exact) mass is 407 g/mol. The molecule has 1 aliphatic rings. The third-order valence-electron chi connectivity index (χ3n) is 5.19. The number of amides is 1. The molecule has 0 spiro atoms. The van der Waals surface area contributed by atoms with Gasteiger partial charge in [0, 0.05) is 12.2 Å². The molecule has 6 nitrogen and oxygen atoms in total. The van der Waals surface area contributed by atoms with Crippen LogP contribution < -0.4 is 5.32 Å². The third-order valence-corrected chi connectivity index (χ3v) is 6.12. The van der Waals surface area contributed by atoms with Crippen LogP contribution in [0.1, 0.15) is 38.2 Å². The molecule has 0 bridgehead atoms. The largest absolute Gasteiger partial charge is 0.353 e. The van der Waals surface area contributed by atoms with E-state index in [0.29, 0.717) is 22.8 Å². The Hall–Kier alpha value is -2.67. The van der Waals surface area contributed by atoms with Crippen LogP contribution in [-0.2, 0) is 11.2 Å². The molecule has 1 N–H and O–H groups in total. The molecule has 1 aliphatic carbocycles. The second-order valence-corrected chi connectivity index (χ2v) is 8.12. The van der Waals surface area contributed by atoms with Crippen LogP contribution >= 0.6 is 11.8 Å². The van der Waals surface area contributed by atoms with E-state index < -0.39 is 0 Å². The smallest absolute Gasteiger partial charge is 0.230 e. The summed E-state index contributed by atoms with van der Waals surface area (Å²) in [6, 6.07) is 14.3. The molecule has 1 amide bonds. The molecular formula is C22H25N5OS. The zero-order chi connectivity index (χ0) is 20.1. The first-order valence-electron chi connectivity index (χ1n) is 10.1. The number of thioether (sulfide) groups is 1. The number of nitrogens with zero attached hydrogens (tertiary/aromatic N) is 4. The first-order valence-corrected chi connectivity index (χ1v) is 11.1. The van der Waals surface area contributed by atoms with Gasteiger partial charge in [0.15, 0.2) is 11.0 Å².